The van der Waals surface area contributed by atoms with Crippen molar-refractivity contribution in [3.05, 3.63) is 176 Å². The summed E-state index contributed by atoms with van der Waals surface area (Å²) in [7, 11) is 0. The Morgan fingerprint density at radius 3 is 1.98 bits per heavy atom. The second kappa shape index (κ2) is 11.2. The Hall–Kier alpha value is -6.16. The lowest BCUT2D eigenvalue weighted by molar-refractivity contribution is 0.670. The van der Waals surface area contributed by atoms with Gasteiger partial charge in [-0.05, 0) is 82.1 Å². The van der Waals surface area contributed by atoms with Crippen LogP contribution in [-0.4, -0.2) is 0 Å². The lowest BCUT2D eigenvalue weighted by Crippen LogP contribution is -2.09. The van der Waals surface area contributed by atoms with Crippen molar-refractivity contribution in [3.8, 4) is 22.3 Å². The molecule has 0 atom stereocenters. The number of benzene rings is 8. The first-order valence-electron chi connectivity index (χ1n) is 16.6. The lowest BCUT2D eigenvalue weighted by Gasteiger charge is -2.26. The van der Waals surface area contributed by atoms with Crippen LogP contribution in [0.5, 0.6) is 0 Å². The Kier molecular flexibility index (Phi) is 6.39. The summed E-state index contributed by atoms with van der Waals surface area (Å²) in [5.41, 5.74) is 9.77. The molecule has 49 heavy (non-hydrogen) atoms. The van der Waals surface area contributed by atoms with E-state index in [0.29, 0.717) is 0 Å². The molecule has 0 amide bonds. The fourth-order valence-corrected chi connectivity index (χ4v) is 8.40. The van der Waals surface area contributed by atoms with E-state index in [4.69, 9.17) is 4.42 Å². The number of hydrogen-bond acceptors (Lipinski definition) is 3. The van der Waals surface area contributed by atoms with Crippen LogP contribution in [0.25, 0.3) is 75.1 Å². The molecule has 0 aliphatic carbocycles. The normalized spacial score (nSPS) is 11.7. The van der Waals surface area contributed by atoms with Gasteiger partial charge in [0.1, 0.15) is 11.2 Å². The molecule has 0 spiro atoms. The summed E-state index contributed by atoms with van der Waals surface area (Å²) in [5, 5.41) is 7.38. The van der Waals surface area contributed by atoms with Crippen molar-refractivity contribution in [1.29, 1.82) is 0 Å². The number of para-hydroxylation sites is 2. The van der Waals surface area contributed by atoms with Crippen LogP contribution in [-0.2, 0) is 0 Å². The molecule has 10 aromatic rings. The molecule has 0 aliphatic rings. The highest BCUT2D eigenvalue weighted by atomic mass is 32.1. The number of rotatable bonds is 5. The Morgan fingerprint density at radius 1 is 0.388 bits per heavy atom. The van der Waals surface area contributed by atoms with Gasteiger partial charge in [-0.3, -0.25) is 0 Å². The van der Waals surface area contributed by atoms with Crippen LogP contribution in [0.3, 0.4) is 0 Å². The summed E-state index contributed by atoms with van der Waals surface area (Å²) in [6, 6.07) is 63.3. The third-order valence-electron chi connectivity index (χ3n) is 9.65. The molecule has 10 rings (SSSR count). The summed E-state index contributed by atoms with van der Waals surface area (Å²) in [4.78, 5) is 2.37. The first-order chi connectivity index (χ1) is 24.3. The molecule has 8 aromatic carbocycles. The fraction of sp³-hybridized carbons (Fsp3) is 0. The van der Waals surface area contributed by atoms with E-state index in [1.807, 2.05) is 23.5 Å². The highest BCUT2D eigenvalue weighted by Crippen LogP contribution is 2.43. The topological polar surface area (TPSA) is 16.4 Å². The molecule has 2 aromatic heterocycles. The van der Waals surface area contributed by atoms with Gasteiger partial charge >= 0.3 is 0 Å². The van der Waals surface area contributed by atoms with Gasteiger partial charge in [0, 0.05) is 53.6 Å². The number of nitrogens with zero attached hydrogens (tertiary/aromatic N) is 1. The van der Waals surface area contributed by atoms with Crippen molar-refractivity contribution in [2.45, 2.75) is 0 Å². The zero-order chi connectivity index (χ0) is 32.3. The predicted octanol–water partition coefficient (Wildman–Crippen LogP) is 13.9. The quantitative estimate of drug-likeness (QED) is 0.186. The minimum Gasteiger partial charge on any atom is -0.455 e. The smallest absolute Gasteiger partial charge is 0.143 e. The third kappa shape index (κ3) is 4.70. The van der Waals surface area contributed by atoms with Gasteiger partial charge < -0.3 is 9.32 Å². The zero-order valence-electron chi connectivity index (χ0n) is 26.5. The minimum atomic E-state index is 0.913. The summed E-state index contributed by atoms with van der Waals surface area (Å²) in [6.45, 7) is 0. The Balaban J connectivity index is 1.11. The lowest BCUT2D eigenvalue weighted by atomic mass is 10.00. The van der Waals surface area contributed by atoms with Crippen LogP contribution in [0, 0.1) is 0 Å². The molecule has 230 valence electrons. The molecule has 0 bridgehead atoms. The monoisotopic (exact) mass is 643 g/mol. The maximum atomic E-state index is 6.39. The van der Waals surface area contributed by atoms with E-state index < -0.39 is 0 Å². The molecule has 2 nitrogen and oxygen atoms in total. The van der Waals surface area contributed by atoms with Crippen molar-refractivity contribution in [2.75, 3.05) is 4.90 Å². The molecule has 2 heterocycles. The second-order valence-corrected chi connectivity index (χ2v) is 13.6. The molecule has 0 unspecified atom stereocenters. The van der Waals surface area contributed by atoms with E-state index in [9.17, 15) is 0 Å². The Morgan fingerprint density at radius 2 is 1.06 bits per heavy atom. The first-order valence-corrected chi connectivity index (χ1v) is 17.4. The molecule has 0 N–H and O–H groups in total. The van der Waals surface area contributed by atoms with Gasteiger partial charge in [-0.1, -0.05) is 121 Å². The van der Waals surface area contributed by atoms with Crippen molar-refractivity contribution >= 4 is 81.3 Å². The van der Waals surface area contributed by atoms with Gasteiger partial charge in [0.25, 0.3) is 0 Å². The van der Waals surface area contributed by atoms with E-state index in [0.717, 1.165) is 50.1 Å². The van der Waals surface area contributed by atoms with Gasteiger partial charge in [-0.15, -0.1) is 11.3 Å². The second-order valence-electron chi connectivity index (χ2n) is 12.6. The molecule has 0 radical (unpaired) electrons. The van der Waals surface area contributed by atoms with E-state index in [2.05, 4.69) is 169 Å². The van der Waals surface area contributed by atoms with Crippen molar-refractivity contribution in [2.24, 2.45) is 0 Å². The predicted molar refractivity (Wildman–Crippen MR) is 210 cm³/mol. The molecular formula is C46H29NOS. The average molecular weight is 644 g/mol. The highest BCUT2D eigenvalue weighted by Gasteiger charge is 2.17. The van der Waals surface area contributed by atoms with Crippen LogP contribution in [0.4, 0.5) is 17.1 Å². The van der Waals surface area contributed by atoms with Crippen molar-refractivity contribution in [1.82, 2.24) is 0 Å². The Labute approximate surface area is 287 Å². The molecular weight excluding hydrogens is 615 g/mol. The molecule has 0 saturated carbocycles. The van der Waals surface area contributed by atoms with Gasteiger partial charge in [0.15, 0.2) is 0 Å². The minimum absolute atomic E-state index is 0.913. The standard InChI is InChI=1S/C46H29NOS/c1-2-10-32-27-34(20-19-30(32)9-1)33-11-7-12-36(28-33)47(37-25-26-41-40-14-4-6-18-44(40)49-45(41)29-37)35-23-21-31(22-24-35)38-15-8-16-42-39-13-3-5-17-43(39)48-46(38)42/h1-29H. The maximum absolute atomic E-state index is 6.39. The third-order valence-corrected chi connectivity index (χ3v) is 10.8. The van der Waals surface area contributed by atoms with Crippen LogP contribution >= 0.6 is 11.3 Å². The van der Waals surface area contributed by atoms with Crippen LogP contribution in [0.1, 0.15) is 0 Å². The van der Waals surface area contributed by atoms with E-state index in [-0.39, 0.29) is 0 Å². The van der Waals surface area contributed by atoms with E-state index >= 15 is 0 Å². The Bertz CT molecular complexity index is 2840. The van der Waals surface area contributed by atoms with Crippen LogP contribution in [0.2, 0.25) is 0 Å². The highest BCUT2D eigenvalue weighted by molar-refractivity contribution is 7.25. The number of hydrogen-bond donors (Lipinski definition) is 0. The van der Waals surface area contributed by atoms with Crippen LogP contribution < -0.4 is 4.90 Å². The molecule has 3 heteroatoms. The van der Waals surface area contributed by atoms with Crippen molar-refractivity contribution in [3.63, 3.8) is 0 Å². The number of anilines is 3. The van der Waals surface area contributed by atoms with Crippen LogP contribution in [0.15, 0.2) is 180 Å². The summed E-state index contributed by atoms with van der Waals surface area (Å²) in [5.74, 6) is 0. The largest absolute Gasteiger partial charge is 0.455 e. The molecule has 0 aliphatic heterocycles. The average Bonchev–Trinajstić information content (AvgIpc) is 3.73. The van der Waals surface area contributed by atoms with Gasteiger partial charge in [0.05, 0.1) is 0 Å². The molecule has 0 fully saturated rings. The number of furan rings is 1. The SMILES string of the molecule is c1cc(-c2ccc3ccccc3c2)cc(N(c2ccc(-c3cccc4c3oc3ccccc34)cc2)c2ccc3c(c2)sc2ccccc23)c1. The van der Waals surface area contributed by atoms with E-state index in [1.54, 1.807) is 0 Å². The molecule has 0 saturated heterocycles. The first kappa shape index (κ1) is 27.9. The van der Waals surface area contributed by atoms with Gasteiger partial charge in [-0.2, -0.15) is 0 Å². The maximum Gasteiger partial charge on any atom is 0.143 e. The van der Waals surface area contributed by atoms with Gasteiger partial charge in [-0.25, -0.2) is 0 Å². The summed E-state index contributed by atoms with van der Waals surface area (Å²) >= 11 is 1.85. The number of fused-ring (bicyclic) bond motifs is 7. The van der Waals surface area contributed by atoms with Gasteiger partial charge in [0.2, 0.25) is 0 Å². The summed E-state index contributed by atoms with van der Waals surface area (Å²) in [6.07, 6.45) is 0. The fourth-order valence-electron chi connectivity index (χ4n) is 7.26. The van der Waals surface area contributed by atoms with E-state index in [1.165, 1.54) is 42.1 Å². The van der Waals surface area contributed by atoms with Crippen molar-refractivity contribution < 1.29 is 4.42 Å². The zero-order valence-corrected chi connectivity index (χ0v) is 27.3. The number of thiophene rings is 1. The summed E-state index contributed by atoms with van der Waals surface area (Å²) < 4.78 is 8.98.